The third-order valence-electron chi connectivity index (χ3n) is 1.56. The van der Waals surface area contributed by atoms with Crippen LogP contribution >= 0.6 is 11.3 Å². The van der Waals surface area contributed by atoms with Gasteiger partial charge in [-0.05, 0) is 12.0 Å². The minimum Gasteiger partial charge on any atom is -0.507 e. The minimum atomic E-state index is 0.348. The second-order valence-corrected chi connectivity index (χ2v) is 3.98. The van der Waals surface area contributed by atoms with Gasteiger partial charge in [0.1, 0.15) is 5.75 Å². The van der Waals surface area contributed by atoms with E-state index in [1.807, 2.05) is 0 Å². The third-order valence-corrected chi connectivity index (χ3v) is 3.01. The molecule has 62 valence electrons. The van der Waals surface area contributed by atoms with Crippen LogP contribution in [0.3, 0.4) is 0 Å². The summed E-state index contributed by atoms with van der Waals surface area (Å²) in [5.74, 6) is 0.826. The van der Waals surface area contributed by atoms with Crippen LogP contribution in [-0.4, -0.2) is 5.11 Å². The van der Waals surface area contributed by atoms with Crippen molar-refractivity contribution in [1.29, 1.82) is 0 Å². The first-order valence-corrected chi connectivity index (χ1v) is 4.48. The highest BCUT2D eigenvalue weighted by Gasteiger charge is 2.08. The van der Waals surface area contributed by atoms with Crippen LogP contribution in [0.25, 0.3) is 0 Å². The van der Waals surface area contributed by atoms with Crippen molar-refractivity contribution >= 4 is 11.3 Å². The average molecular weight is 171 g/mol. The largest absolute Gasteiger partial charge is 0.507 e. The summed E-state index contributed by atoms with van der Waals surface area (Å²) in [5, 5.41) is 9.31. The van der Waals surface area contributed by atoms with Crippen LogP contribution in [0.5, 0.6) is 5.75 Å². The van der Waals surface area contributed by atoms with Gasteiger partial charge in [-0.15, -0.1) is 11.3 Å². The lowest BCUT2D eigenvalue weighted by Crippen LogP contribution is -1.92. The molecule has 0 aliphatic rings. The van der Waals surface area contributed by atoms with Crippen molar-refractivity contribution in [2.24, 2.45) is 5.73 Å². The number of hydrogen-bond donors (Lipinski definition) is 2. The molecule has 0 atom stereocenters. The summed E-state index contributed by atoms with van der Waals surface area (Å²) in [5.41, 5.74) is 5.41. The molecule has 3 N–H and O–H groups in total. The van der Waals surface area contributed by atoms with Gasteiger partial charge in [-0.25, -0.2) is 0 Å². The Kier molecular flexibility index (Phi) is 2.52. The van der Waals surface area contributed by atoms with Crippen LogP contribution in [-0.2, 0) is 6.54 Å². The first kappa shape index (κ1) is 8.56. The van der Waals surface area contributed by atoms with E-state index in [1.165, 1.54) is 4.88 Å². The summed E-state index contributed by atoms with van der Waals surface area (Å²) in [6.07, 6.45) is 0. The van der Waals surface area contributed by atoms with Crippen LogP contribution in [0.15, 0.2) is 6.07 Å². The number of aromatic hydroxyl groups is 1. The van der Waals surface area contributed by atoms with Gasteiger partial charge in [0, 0.05) is 11.4 Å². The van der Waals surface area contributed by atoms with Gasteiger partial charge in [-0.1, -0.05) is 13.8 Å². The fourth-order valence-electron chi connectivity index (χ4n) is 0.870. The molecule has 0 aliphatic carbocycles. The normalized spacial score (nSPS) is 10.9. The predicted octanol–water partition coefficient (Wildman–Crippen LogP) is 2.04. The lowest BCUT2D eigenvalue weighted by Gasteiger charge is -1.96. The number of thiophene rings is 1. The second kappa shape index (κ2) is 3.24. The van der Waals surface area contributed by atoms with Crippen LogP contribution < -0.4 is 5.73 Å². The lowest BCUT2D eigenvalue weighted by atomic mass is 10.2. The van der Waals surface area contributed by atoms with Gasteiger partial charge in [0.2, 0.25) is 0 Å². The maximum absolute atomic E-state index is 9.31. The zero-order valence-corrected chi connectivity index (χ0v) is 7.61. The highest BCUT2D eigenvalue weighted by atomic mass is 32.1. The molecular weight excluding hydrogens is 158 g/mol. The van der Waals surface area contributed by atoms with Crippen molar-refractivity contribution in [2.75, 3.05) is 0 Å². The highest BCUT2D eigenvalue weighted by Crippen LogP contribution is 2.32. The van der Waals surface area contributed by atoms with Crippen LogP contribution in [0.1, 0.15) is 29.5 Å². The molecule has 0 saturated heterocycles. The minimum absolute atomic E-state index is 0.348. The Morgan fingerprint density at radius 3 is 2.55 bits per heavy atom. The molecular formula is C8H13NOS. The molecule has 3 heteroatoms. The van der Waals surface area contributed by atoms with Gasteiger partial charge >= 0.3 is 0 Å². The summed E-state index contributed by atoms with van der Waals surface area (Å²) in [6, 6.07) is 1.80. The van der Waals surface area contributed by atoms with E-state index in [2.05, 4.69) is 13.8 Å². The molecule has 0 radical (unpaired) electrons. The molecule has 0 bridgehead atoms. The zero-order chi connectivity index (χ0) is 8.43. The number of hydrogen-bond acceptors (Lipinski definition) is 3. The Morgan fingerprint density at radius 1 is 1.64 bits per heavy atom. The van der Waals surface area contributed by atoms with Gasteiger partial charge < -0.3 is 10.8 Å². The summed E-state index contributed by atoms with van der Waals surface area (Å²) >= 11 is 1.59. The maximum Gasteiger partial charge on any atom is 0.131 e. The molecule has 2 nitrogen and oxygen atoms in total. The maximum atomic E-state index is 9.31. The summed E-state index contributed by atoms with van der Waals surface area (Å²) in [4.78, 5) is 2.08. The monoisotopic (exact) mass is 171 g/mol. The SMILES string of the molecule is CC(C)c1cc(O)c(CN)s1. The standard InChI is InChI=1S/C8H13NOS/c1-5(2)7-3-6(10)8(4-9)11-7/h3,5,10H,4,9H2,1-2H3. The van der Waals surface area contributed by atoms with Gasteiger partial charge in [0.25, 0.3) is 0 Å². The molecule has 0 fully saturated rings. The number of nitrogens with two attached hydrogens (primary N) is 1. The van der Waals surface area contributed by atoms with Crippen LogP contribution in [0.2, 0.25) is 0 Å². The van der Waals surface area contributed by atoms with Gasteiger partial charge in [-0.3, -0.25) is 0 Å². The molecule has 11 heavy (non-hydrogen) atoms. The first-order chi connectivity index (χ1) is 5.15. The van der Waals surface area contributed by atoms with Crippen molar-refractivity contribution in [3.63, 3.8) is 0 Å². The first-order valence-electron chi connectivity index (χ1n) is 3.66. The van der Waals surface area contributed by atoms with E-state index in [4.69, 9.17) is 5.73 Å². The van der Waals surface area contributed by atoms with E-state index < -0.39 is 0 Å². The van der Waals surface area contributed by atoms with E-state index >= 15 is 0 Å². The summed E-state index contributed by atoms with van der Waals surface area (Å²) in [6.45, 7) is 4.64. The van der Waals surface area contributed by atoms with E-state index in [0.717, 1.165) is 4.88 Å². The topological polar surface area (TPSA) is 46.2 Å². The zero-order valence-electron chi connectivity index (χ0n) is 6.79. The highest BCUT2D eigenvalue weighted by molar-refractivity contribution is 7.12. The molecule has 1 aromatic rings. The second-order valence-electron chi connectivity index (χ2n) is 2.82. The predicted molar refractivity (Wildman–Crippen MR) is 48.0 cm³/mol. The Hall–Kier alpha value is -0.540. The van der Waals surface area contributed by atoms with Gasteiger partial charge in [-0.2, -0.15) is 0 Å². The van der Waals surface area contributed by atoms with Crippen molar-refractivity contribution in [3.8, 4) is 5.75 Å². The smallest absolute Gasteiger partial charge is 0.131 e. The summed E-state index contributed by atoms with van der Waals surface area (Å²) < 4.78 is 0. The molecule has 1 aromatic heterocycles. The van der Waals surface area contributed by atoms with Gasteiger partial charge in [0.05, 0.1) is 4.88 Å². The molecule has 0 aromatic carbocycles. The van der Waals surface area contributed by atoms with E-state index in [-0.39, 0.29) is 0 Å². The van der Waals surface area contributed by atoms with E-state index in [1.54, 1.807) is 17.4 Å². The van der Waals surface area contributed by atoms with E-state index in [9.17, 15) is 5.11 Å². The third kappa shape index (κ3) is 1.73. The van der Waals surface area contributed by atoms with Crippen molar-refractivity contribution in [1.82, 2.24) is 0 Å². The van der Waals surface area contributed by atoms with Crippen molar-refractivity contribution in [2.45, 2.75) is 26.3 Å². The Bertz CT molecular complexity index is 242. The average Bonchev–Trinajstić information content (AvgIpc) is 2.31. The molecule has 0 aliphatic heterocycles. The lowest BCUT2D eigenvalue weighted by molar-refractivity contribution is 0.471. The molecule has 0 unspecified atom stereocenters. The molecule has 1 heterocycles. The number of rotatable bonds is 2. The fourth-order valence-corrected chi connectivity index (χ4v) is 1.81. The molecule has 1 rings (SSSR count). The molecule has 0 saturated carbocycles. The molecule has 0 amide bonds. The van der Waals surface area contributed by atoms with Crippen LogP contribution in [0.4, 0.5) is 0 Å². The quantitative estimate of drug-likeness (QED) is 0.715. The Morgan fingerprint density at radius 2 is 2.27 bits per heavy atom. The van der Waals surface area contributed by atoms with Crippen LogP contribution in [0, 0.1) is 0 Å². The van der Waals surface area contributed by atoms with E-state index in [0.29, 0.717) is 18.2 Å². The van der Waals surface area contributed by atoms with Crippen molar-refractivity contribution < 1.29 is 5.11 Å². The Balaban J connectivity index is 2.95. The summed E-state index contributed by atoms with van der Waals surface area (Å²) in [7, 11) is 0. The fraction of sp³-hybridized carbons (Fsp3) is 0.500. The van der Waals surface area contributed by atoms with Crippen molar-refractivity contribution in [3.05, 3.63) is 15.8 Å². The molecule has 0 spiro atoms. The van der Waals surface area contributed by atoms with Gasteiger partial charge in [0.15, 0.2) is 0 Å². The Labute approximate surface area is 70.7 Å².